The molecule has 0 spiro atoms. The molecule has 0 unspecified atom stereocenters. The normalized spacial score (nSPS) is 19.0. The summed E-state index contributed by atoms with van der Waals surface area (Å²) in [6, 6.07) is 3.24. The molecule has 9 heteroatoms. The van der Waals surface area contributed by atoms with Crippen molar-refractivity contribution in [1.29, 1.82) is 0 Å². The van der Waals surface area contributed by atoms with Gasteiger partial charge in [-0.25, -0.2) is 0 Å². The Hall–Kier alpha value is -0.600. The molecule has 2 N–H and O–H groups in total. The number of nitro benzene ring substituents is 1. The van der Waals surface area contributed by atoms with Crippen LogP contribution in [0.25, 0.3) is 0 Å². The first kappa shape index (κ1) is 21.4. The van der Waals surface area contributed by atoms with Crippen LogP contribution in [-0.2, 0) is 0 Å². The van der Waals surface area contributed by atoms with Crippen LogP contribution in [0.3, 0.4) is 0 Å². The maximum Gasteiger partial charge on any atom is 0.312 e. The summed E-state index contributed by atoms with van der Waals surface area (Å²) >= 11 is 3.34. The van der Waals surface area contributed by atoms with Gasteiger partial charge in [0.05, 0.1) is 4.92 Å². The minimum atomic E-state index is -0.518. The number of piperazine rings is 1. The van der Waals surface area contributed by atoms with Gasteiger partial charge in [0.25, 0.3) is 0 Å². The zero-order chi connectivity index (χ0) is 15.7. The maximum atomic E-state index is 11.2. The largest absolute Gasteiger partial charge is 0.502 e. The van der Waals surface area contributed by atoms with E-state index < -0.39 is 4.92 Å². The van der Waals surface area contributed by atoms with Gasteiger partial charge in [0.2, 0.25) is 0 Å². The third-order valence-corrected chi connectivity index (χ3v) is 4.94. The Kier molecular flexibility index (Phi) is 8.22. The highest BCUT2D eigenvalue weighted by Gasteiger charge is 2.33. The van der Waals surface area contributed by atoms with Gasteiger partial charge in [0.1, 0.15) is 0 Å². The number of phenols is 1. The van der Waals surface area contributed by atoms with Crippen LogP contribution in [0.5, 0.6) is 5.75 Å². The number of phenolic OH excluding ortho intramolecular Hbond substituents is 1. The Labute approximate surface area is 162 Å². The van der Waals surface area contributed by atoms with Crippen molar-refractivity contribution in [1.82, 2.24) is 10.2 Å². The third kappa shape index (κ3) is 4.95. The topological polar surface area (TPSA) is 78.6 Å². The highest BCUT2D eigenvalue weighted by molar-refractivity contribution is 9.10. The van der Waals surface area contributed by atoms with Crippen LogP contribution < -0.4 is 5.32 Å². The molecule has 6 nitrogen and oxygen atoms in total. The van der Waals surface area contributed by atoms with Crippen LogP contribution in [0.4, 0.5) is 5.69 Å². The van der Waals surface area contributed by atoms with Crippen LogP contribution >= 0.6 is 40.7 Å². The SMILES string of the molecule is Cl.Cl.O=[N+]([O-])c1cc(Br)cc([C@H](CC2CC2)N2CCNCC2)c1O. The molecule has 2 fully saturated rings. The predicted octanol–water partition coefficient (Wildman–Crippen LogP) is 3.65. The highest BCUT2D eigenvalue weighted by atomic mass is 79.9. The summed E-state index contributed by atoms with van der Waals surface area (Å²) in [5, 5.41) is 24.9. The van der Waals surface area contributed by atoms with Gasteiger partial charge in [-0.05, 0) is 18.4 Å². The summed E-state index contributed by atoms with van der Waals surface area (Å²) in [5.74, 6) is 0.495. The van der Waals surface area contributed by atoms with Crippen molar-refractivity contribution in [3.63, 3.8) is 0 Å². The smallest absolute Gasteiger partial charge is 0.312 e. The molecule has 2 aliphatic rings. The fraction of sp³-hybridized carbons (Fsp3) is 0.600. The van der Waals surface area contributed by atoms with Crippen molar-refractivity contribution in [3.05, 3.63) is 32.3 Å². The number of benzene rings is 1. The van der Waals surface area contributed by atoms with E-state index in [2.05, 4.69) is 26.1 Å². The molecule has 24 heavy (non-hydrogen) atoms. The summed E-state index contributed by atoms with van der Waals surface area (Å²) in [5.41, 5.74) is 0.454. The van der Waals surface area contributed by atoms with Crippen LogP contribution in [0.2, 0.25) is 0 Å². The predicted molar refractivity (Wildman–Crippen MR) is 101 cm³/mol. The van der Waals surface area contributed by atoms with Gasteiger partial charge in [-0.1, -0.05) is 28.8 Å². The van der Waals surface area contributed by atoms with E-state index in [-0.39, 0.29) is 42.3 Å². The first-order valence-electron chi connectivity index (χ1n) is 7.68. The van der Waals surface area contributed by atoms with Crippen LogP contribution in [0, 0.1) is 16.0 Å². The molecule has 1 heterocycles. The third-order valence-electron chi connectivity index (χ3n) is 4.49. The molecule has 1 aromatic carbocycles. The summed E-state index contributed by atoms with van der Waals surface area (Å²) in [7, 11) is 0. The lowest BCUT2D eigenvalue weighted by Crippen LogP contribution is -2.45. The Morgan fingerprint density at radius 1 is 1.33 bits per heavy atom. The summed E-state index contributed by atoms with van der Waals surface area (Å²) < 4.78 is 0.642. The van der Waals surface area contributed by atoms with Gasteiger partial charge in [-0.2, -0.15) is 0 Å². The number of nitrogens with zero attached hydrogens (tertiary/aromatic N) is 2. The molecule has 0 amide bonds. The van der Waals surface area contributed by atoms with Gasteiger partial charge in [-0.15, -0.1) is 24.8 Å². The van der Waals surface area contributed by atoms with E-state index >= 15 is 0 Å². The molecule has 1 aromatic rings. The minimum Gasteiger partial charge on any atom is -0.502 e. The number of nitrogens with one attached hydrogen (secondary N) is 1. The number of aromatic hydroxyl groups is 1. The van der Waals surface area contributed by atoms with Crippen LogP contribution in [0.1, 0.15) is 30.9 Å². The molecule has 1 atom stereocenters. The van der Waals surface area contributed by atoms with E-state index in [4.69, 9.17) is 0 Å². The number of nitro groups is 1. The van der Waals surface area contributed by atoms with Gasteiger partial charge >= 0.3 is 5.69 Å². The molecule has 1 aliphatic carbocycles. The van der Waals surface area contributed by atoms with Crippen molar-refractivity contribution in [2.24, 2.45) is 5.92 Å². The van der Waals surface area contributed by atoms with E-state index in [0.717, 1.165) is 32.6 Å². The lowest BCUT2D eigenvalue weighted by molar-refractivity contribution is -0.386. The number of halogens is 3. The van der Waals surface area contributed by atoms with E-state index in [1.165, 1.54) is 18.9 Å². The lowest BCUT2D eigenvalue weighted by Gasteiger charge is -2.35. The Balaban J connectivity index is 0.00000144. The van der Waals surface area contributed by atoms with Gasteiger partial charge < -0.3 is 10.4 Å². The molecule has 1 saturated carbocycles. The molecular formula is C15H22BrCl2N3O3. The van der Waals surface area contributed by atoms with Crippen LogP contribution in [-0.4, -0.2) is 41.1 Å². The highest BCUT2D eigenvalue weighted by Crippen LogP contribution is 2.45. The summed E-state index contributed by atoms with van der Waals surface area (Å²) in [6.07, 6.45) is 3.40. The average Bonchev–Trinajstić information content (AvgIpc) is 3.32. The van der Waals surface area contributed by atoms with E-state index in [9.17, 15) is 15.2 Å². The Morgan fingerprint density at radius 2 is 1.96 bits per heavy atom. The Bertz CT molecular complexity index is 581. The Morgan fingerprint density at radius 3 is 2.50 bits per heavy atom. The summed E-state index contributed by atoms with van der Waals surface area (Å²) in [6.45, 7) is 3.63. The fourth-order valence-electron chi connectivity index (χ4n) is 3.13. The second kappa shape index (κ2) is 9.20. The molecule has 3 rings (SSSR count). The number of hydrogen-bond donors (Lipinski definition) is 2. The molecule has 0 aromatic heterocycles. The molecule has 0 bridgehead atoms. The van der Waals surface area contributed by atoms with E-state index in [1.54, 1.807) is 0 Å². The summed E-state index contributed by atoms with van der Waals surface area (Å²) in [4.78, 5) is 13.0. The average molecular weight is 443 g/mol. The van der Waals surface area contributed by atoms with Crippen molar-refractivity contribution in [2.45, 2.75) is 25.3 Å². The molecule has 1 aliphatic heterocycles. The van der Waals surface area contributed by atoms with Crippen molar-refractivity contribution < 1.29 is 10.0 Å². The molecular weight excluding hydrogens is 421 g/mol. The quantitative estimate of drug-likeness (QED) is 0.537. The number of rotatable bonds is 5. The van der Waals surface area contributed by atoms with Crippen LogP contribution in [0.15, 0.2) is 16.6 Å². The first-order valence-corrected chi connectivity index (χ1v) is 8.47. The van der Waals surface area contributed by atoms with Crippen molar-refractivity contribution in [2.75, 3.05) is 26.2 Å². The van der Waals surface area contributed by atoms with Gasteiger partial charge in [-0.3, -0.25) is 15.0 Å². The number of hydrogen-bond acceptors (Lipinski definition) is 5. The second-order valence-electron chi connectivity index (χ2n) is 6.10. The van der Waals surface area contributed by atoms with Crippen molar-refractivity contribution in [3.8, 4) is 5.75 Å². The first-order chi connectivity index (χ1) is 10.6. The molecule has 1 saturated heterocycles. The van der Waals surface area contributed by atoms with E-state index in [0.29, 0.717) is 16.0 Å². The molecule has 0 radical (unpaired) electrons. The van der Waals surface area contributed by atoms with Gasteiger partial charge in [0, 0.05) is 48.3 Å². The lowest BCUT2D eigenvalue weighted by atomic mass is 9.97. The van der Waals surface area contributed by atoms with E-state index in [1.807, 2.05) is 6.07 Å². The second-order valence-corrected chi connectivity index (χ2v) is 7.02. The zero-order valence-electron chi connectivity index (χ0n) is 13.1. The standard InChI is InChI=1S/C15H20BrN3O3.2ClH/c16-11-8-12(15(20)14(9-11)19(21)22)13(7-10-1-2-10)18-5-3-17-4-6-18;;/h8-10,13,17,20H,1-7H2;2*1H/t13-;;/m0../s1. The zero-order valence-corrected chi connectivity index (χ0v) is 16.3. The monoisotopic (exact) mass is 441 g/mol. The minimum absolute atomic E-state index is 0. The fourth-order valence-corrected chi connectivity index (χ4v) is 3.60. The molecule has 136 valence electrons. The van der Waals surface area contributed by atoms with Gasteiger partial charge in [0.15, 0.2) is 5.75 Å². The maximum absolute atomic E-state index is 11.2. The van der Waals surface area contributed by atoms with Crippen molar-refractivity contribution >= 4 is 46.4 Å².